The first-order chi connectivity index (χ1) is 14.0. The van der Waals surface area contributed by atoms with Crippen molar-refractivity contribution in [2.75, 3.05) is 5.32 Å². The lowest BCUT2D eigenvalue weighted by Gasteiger charge is -2.02. The van der Waals surface area contributed by atoms with Gasteiger partial charge in [0.1, 0.15) is 5.82 Å². The molecule has 8 heteroatoms. The number of aliphatic carboxylic acids is 2. The fourth-order valence-electron chi connectivity index (χ4n) is 2.38. The Hall–Kier alpha value is -3.29. The minimum atomic E-state index is -0.740. The Bertz CT molecular complexity index is 718. The fraction of sp³-hybridized carbons (Fsp3) is 0.381. The van der Waals surface area contributed by atoms with Gasteiger partial charge in [-0.15, -0.1) is 0 Å². The van der Waals surface area contributed by atoms with Crippen molar-refractivity contribution in [1.29, 1.82) is 0 Å². The van der Waals surface area contributed by atoms with Crippen LogP contribution in [0, 0.1) is 0 Å². The highest BCUT2D eigenvalue weighted by Gasteiger charge is 2.05. The number of carboxylic acid groups (broad SMARTS) is 2. The molecule has 0 radical (unpaired) electrons. The number of hydrogen-bond acceptors (Lipinski definition) is 5. The highest BCUT2D eigenvalue weighted by atomic mass is 16.4. The summed E-state index contributed by atoms with van der Waals surface area (Å²) in [5.41, 5.74) is 0.517. The van der Waals surface area contributed by atoms with Crippen molar-refractivity contribution < 1.29 is 24.6 Å². The van der Waals surface area contributed by atoms with E-state index in [1.165, 1.54) is 6.20 Å². The Morgan fingerprint density at radius 3 is 1.90 bits per heavy atom. The van der Waals surface area contributed by atoms with Crippen LogP contribution in [0.25, 0.3) is 0 Å². The van der Waals surface area contributed by atoms with Crippen LogP contribution in [0.4, 0.5) is 5.82 Å². The van der Waals surface area contributed by atoms with Gasteiger partial charge < -0.3 is 15.5 Å². The van der Waals surface area contributed by atoms with E-state index in [4.69, 9.17) is 10.2 Å². The number of amides is 1. The summed E-state index contributed by atoms with van der Waals surface area (Å²) in [6.45, 7) is 0. The highest BCUT2D eigenvalue weighted by Crippen LogP contribution is 2.08. The molecule has 29 heavy (non-hydrogen) atoms. The van der Waals surface area contributed by atoms with Gasteiger partial charge in [-0.25, -0.2) is 4.98 Å². The molecule has 0 aromatic carbocycles. The molecule has 3 N–H and O–H groups in total. The molecule has 156 valence electrons. The number of nitrogens with one attached hydrogen (secondary N) is 1. The molecule has 0 atom stereocenters. The van der Waals surface area contributed by atoms with Crippen molar-refractivity contribution in [1.82, 2.24) is 9.97 Å². The zero-order valence-electron chi connectivity index (χ0n) is 16.3. The van der Waals surface area contributed by atoms with Gasteiger partial charge in [-0.2, -0.15) is 0 Å². The Morgan fingerprint density at radius 1 is 0.793 bits per heavy atom. The van der Waals surface area contributed by atoms with E-state index in [-0.39, 0.29) is 18.7 Å². The molecule has 8 nitrogen and oxygen atoms in total. The number of carbonyl (C=O) groups excluding carboxylic acids is 1. The highest BCUT2D eigenvalue weighted by molar-refractivity contribution is 6.03. The lowest BCUT2D eigenvalue weighted by molar-refractivity contribution is -0.138. The zero-order valence-corrected chi connectivity index (χ0v) is 16.3. The summed E-state index contributed by atoms with van der Waals surface area (Å²) in [6, 6.07) is 8.75. The van der Waals surface area contributed by atoms with E-state index in [0.29, 0.717) is 11.4 Å². The molecule has 0 aliphatic carbocycles. The third kappa shape index (κ3) is 12.7. The van der Waals surface area contributed by atoms with Crippen LogP contribution in [0.2, 0.25) is 0 Å². The largest absolute Gasteiger partial charge is 0.481 e. The summed E-state index contributed by atoms with van der Waals surface area (Å²) in [5, 5.41) is 19.4. The number of nitrogens with zero attached hydrogens (tertiary/aromatic N) is 2. The van der Waals surface area contributed by atoms with Crippen LogP contribution in [-0.2, 0) is 9.59 Å². The number of unbranched alkanes of at least 4 members (excludes halogenated alkanes) is 5. The number of pyridine rings is 2. The molecule has 0 aliphatic rings. The molecular formula is C21H27N3O5. The lowest BCUT2D eigenvalue weighted by atomic mass is 10.1. The normalized spacial score (nSPS) is 9.79. The van der Waals surface area contributed by atoms with Gasteiger partial charge in [-0.3, -0.25) is 19.4 Å². The first kappa shape index (κ1) is 23.7. The first-order valence-electron chi connectivity index (χ1n) is 9.55. The summed E-state index contributed by atoms with van der Waals surface area (Å²) in [4.78, 5) is 39.8. The van der Waals surface area contributed by atoms with E-state index < -0.39 is 11.9 Å². The van der Waals surface area contributed by atoms with Crippen molar-refractivity contribution in [3.05, 3.63) is 54.5 Å². The predicted molar refractivity (Wildman–Crippen MR) is 109 cm³/mol. The molecule has 0 aliphatic heterocycles. The standard InChI is InChI=1S/C11H9N3O.C10H18O4/c15-11(9-4-3-6-12-8-9)14-10-5-1-2-7-13-10;11-9(12)7-5-3-1-2-4-6-8-10(13)14/h1-8H,(H,13,14,15);1-8H2,(H,11,12)(H,13,14). The van der Waals surface area contributed by atoms with Crippen molar-refractivity contribution in [3.8, 4) is 0 Å². The third-order valence-electron chi connectivity index (χ3n) is 3.86. The van der Waals surface area contributed by atoms with Gasteiger partial charge in [-0.1, -0.05) is 31.7 Å². The molecule has 0 saturated carbocycles. The van der Waals surface area contributed by atoms with Gasteiger partial charge in [-0.05, 0) is 37.1 Å². The Labute approximate surface area is 170 Å². The van der Waals surface area contributed by atoms with Crippen LogP contribution >= 0.6 is 0 Å². The fourth-order valence-corrected chi connectivity index (χ4v) is 2.38. The first-order valence-corrected chi connectivity index (χ1v) is 9.55. The summed E-state index contributed by atoms with van der Waals surface area (Å²) in [5.74, 6) is -1.15. The Morgan fingerprint density at radius 2 is 1.41 bits per heavy atom. The van der Waals surface area contributed by atoms with E-state index in [1.807, 2.05) is 6.07 Å². The molecule has 2 aromatic heterocycles. The number of aromatic nitrogens is 2. The summed E-state index contributed by atoms with van der Waals surface area (Å²) in [6.07, 6.45) is 10.6. The average Bonchev–Trinajstić information content (AvgIpc) is 2.71. The van der Waals surface area contributed by atoms with Crippen LogP contribution < -0.4 is 5.32 Å². The summed E-state index contributed by atoms with van der Waals surface area (Å²) >= 11 is 0. The lowest BCUT2D eigenvalue weighted by Crippen LogP contribution is -2.12. The number of carbonyl (C=O) groups is 3. The van der Waals surface area contributed by atoms with E-state index in [0.717, 1.165) is 38.5 Å². The second-order valence-corrected chi connectivity index (χ2v) is 6.32. The van der Waals surface area contributed by atoms with Crippen molar-refractivity contribution >= 4 is 23.7 Å². The van der Waals surface area contributed by atoms with Gasteiger partial charge in [0.15, 0.2) is 0 Å². The second-order valence-electron chi connectivity index (χ2n) is 6.32. The van der Waals surface area contributed by atoms with E-state index in [9.17, 15) is 14.4 Å². The molecule has 0 saturated heterocycles. The van der Waals surface area contributed by atoms with E-state index >= 15 is 0 Å². The van der Waals surface area contributed by atoms with Gasteiger partial charge in [0.05, 0.1) is 5.56 Å². The van der Waals surface area contributed by atoms with Crippen LogP contribution in [0.3, 0.4) is 0 Å². The maximum Gasteiger partial charge on any atom is 0.303 e. The zero-order chi connectivity index (χ0) is 21.3. The smallest absolute Gasteiger partial charge is 0.303 e. The monoisotopic (exact) mass is 401 g/mol. The summed E-state index contributed by atoms with van der Waals surface area (Å²) < 4.78 is 0. The van der Waals surface area contributed by atoms with Crippen LogP contribution in [0.15, 0.2) is 48.9 Å². The van der Waals surface area contributed by atoms with Crippen molar-refractivity contribution in [2.45, 2.75) is 51.4 Å². The summed E-state index contributed by atoms with van der Waals surface area (Å²) in [7, 11) is 0. The maximum absolute atomic E-state index is 11.6. The molecule has 0 bridgehead atoms. The molecule has 1 amide bonds. The average molecular weight is 401 g/mol. The predicted octanol–water partition coefficient (Wildman–Crippen LogP) is 4.01. The Kier molecular flexibility index (Phi) is 12.1. The molecule has 2 heterocycles. The Balaban J connectivity index is 0.000000291. The van der Waals surface area contributed by atoms with Gasteiger partial charge in [0, 0.05) is 31.4 Å². The minimum absolute atomic E-state index is 0.207. The van der Waals surface area contributed by atoms with Gasteiger partial charge in [0.2, 0.25) is 0 Å². The SMILES string of the molecule is O=C(Nc1ccccn1)c1cccnc1.O=C(O)CCCCCCCCC(=O)O. The number of carboxylic acids is 2. The molecule has 2 aromatic rings. The van der Waals surface area contributed by atoms with Gasteiger partial charge >= 0.3 is 11.9 Å². The topological polar surface area (TPSA) is 129 Å². The van der Waals surface area contributed by atoms with Crippen LogP contribution in [0.5, 0.6) is 0 Å². The number of hydrogen-bond donors (Lipinski definition) is 3. The van der Waals surface area contributed by atoms with Gasteiger partial charge in [0.25, 0.3) is 5.91 Å². The van der Waals surface area contributed by atoms with Crippen LogP contribution in [0.1, 0.15) is 61.7 Å². The molecule has 2 rings (SSSR count). The van der Waals surface area contributed by atoms with Crippen molar-refractivity contribution in [2.24, 2.45) is 0 Å². The van der Waals surface area contributed by atoms with E-state index in [1.54, 1.807) is 36.7 Å². The van der Waals surface area contributed by atoms with Crippen LogP contribution in [-0.4, -0.2) is 38.0 Å². The third-order valence-corrected chi connectivity index (χ3v) is 3.86. The maximum atomic E-state index is 11.6. The molecule has 0 unspecified atom stereocenters. The second kappa shape index (κ2) is 14.7. The molecule has 0 fully saturated rings. The number of rotatable bonds is 11. The quantitative estimate of drug-likeness (QED) is 0.485. The number of anilines is 1. The van der Waals surface area contributed by atoms with E-state index in [2.05, 4.69) is 15.3 Å². The molecular weight excluding hydrogens is 374 g/mol. The minimum Gasteiger partial charge on any atom is -0.481 e. The van der Waals surface area contributed by atoms with Crippen molar-refractivity contribution in [3.63, 3.8) is 0 Å². The molecule has 0 spiro atoms.